The zero-order valence-electron chi connectivity index (χ0n) is 7.77. The van der Waals surface area contributed by atoms with Gasteiger partial charge in [-0.3, -0.25) is 4.79 Å². The Morgan fingerprint density at radius 1 is 1.25 bits per heavy atom. The van der Waals surface area contributed by atoms with E-state index in [2.05, 4.69) is 12.2 Å². The van der Waals surface area contributed by atoms with Crippen LogP contribution in [-0.4, -0.2) is 26.2 Å². The first-order valence-corrected chi connectivity index (χ1v) is 4.59. The number of hydrogen-bond acceptors (Lipinski definition) is 2. The molecule has 0 rings (SSSR count). The van der Waals surface area contributed by atoms with Gasteiger partial charge in [-0.15, -0.1) is 0 Å². The van der Waals surface area contributed by atoms with Gasteiger partial charge in [0.25, 0.3) is 0 Å². The molecular weight excluding hydrogens is 154 g/mol. The van der Waals surface area contributed by atoms with Crippen LogP contribution in [0.3, 0.4) is 0 Å². The van der Waals surface area contributed by atoms with E-state index < -0.39 is 0 Å². The van der Waals surface area contributed by atoms with E-state index in [1.807, 2.05) is 0 Å². The number of nitrogens with one attached hydrogen (secondary N) is 1. The highest BCUT2D eigenvalue weighted by Gasteiger charge is 1.88. The van der Waals surface area contributed by atoms with Gasteiger partial charge in [-0.25, -0.2) is 0 Å². The number of rotatable bonds is 9. The summed E-state index contributed by atoms with van der Waals surface area (Å²) in [5.41, 5.74) is 0. The summed E-state index contributed by atoms with van der Waals surface area (Å²) in [7, 11) is 0. The molecule has 0 saturated carbocycles. The van der Waals surface area contributed by atoms with Crippen LogP contribution in [0.1, 0.15) is 32.6 Å². The largest absolute Gasteiger partial charge is 0.381 e. The van der Waals surface area contributed by atoms with Crippen LogP contribution in [0, 0.1) is 0 Å². The maximum Gasteiger partial charge on any atom is 0.309 e. The predicted molar refractivity (Wildman–Crippen MR) is 48.7 cm³/mol. The molecule has 0 atom stereocenters. The molecule has 71 valence electrons. The van der Waals surface area contributed by atoms with Crippen LogP contribution in [0.5, 0.6) is 0 Å². The number of amides is 1. The Morgan fingerprint density at radius 3 is 2.67 bits per heavy atom. The second-order valence-corrected chi connectivity index (χ2v) is 2.70. The number of ether oxygens (including phenoxy) is 1. The van der Waals surface area contributed by atoms with Crippen molar-refractivity contribution in [3.8, 4) is 0 Å². The summed E-state index contributed by atoms with van der Waals surface area (Å²) in [6, 6.07) is 0. The molecule has 0 aliphatic heterocycles. The van der Waals surface area contributed by atoms with Gasteiger partial charge in [-0.05, 0) is 19.3 Å². The van der Waals surface area contributed by atoms with E-state index in [4.69, 9.17) is 4.74 Å². The van der Waals surface area contributed by atoms with Crippen molar-refractivity contribution >= 4 is 6.41 Å². The molecule has 0 aromatic rings. The van der Waals surface area contributed by atoms with Gasteiger partial charge in [0.05, 0.1) is 0 Å². The predicted octanol–water partition coefficient (Wildman–Crippen LogP) is 1.24. The van der Waals surface area contributed by atoms with Crippen LogP contribution in [0.15, 0.2) is 0 Å². The Labute approximate surface area is 74.5 Å². The van der Waals surface area contributed by atoms with Crippen molar-refractivity contribution in [3.05, 3.63) is 0 Å². The lowest BCUT2D eigenvalue weighted by molar-refractivity contribution is 0.128. The van der Waals surface area contributed by atoms with Crippen LogP contribution in [0.4, 0.5) is 0 Å². The highest BCUT2D eigenvalue weighted by atomic mass is 16.5. The second-order valence-electron chi connectivity index (χ2n) is 2.70. The molecule has 3 nitrogen and oxygen atoms in total. The van der Waals surface area contributed by atoms with Crippen LogP contribution in [0.25, 0.3) is 0 Å². The zero-order chi connectivity index (χ0) is 9.07. The molecule has 1 N–H and O–H groups in total. The molecule has 0 aliphatic rings. The summed E-state index contributed by atoms with van der Waals surface area (Å²) in [5.74, 6) is 0. The van der Waals surface area contributed by atoms with Gasteiger partial charge in [0.15, 0.2) is 0 Å². The van der Waals surface area contributed by atoms with E-state index in [9.17, 15) is 4.79 Å². The van der Waals surface area contributed by atoms with Gasteiger partial charge in [0.1, 0.15) is 0 Å². The van der Waals surface area contributed by atoms with Gasteiger partial charge in [-0.2, -0.15) is 0 Å². The van der Waals surface area contributed by atoms with E-state index in [0.717, 1.165) is 32.5 Å². The van der Waals surface area contributed by atoms with Crippen molar-refractivity contribution in [1.29, 1.82) is 0 Å². The molecule has 0 aromatic carbocycles. The molecule has 12 heavy (non-hydrogen) atoms. The van der Waals surface area contributed by atoms with Crippen LogP contribution >= 0.6 is 0 Å². The Balaban J connectivity index is 2.77. The number of unbranched alkanes of at least 4 members (excludes halogenated alkanes) is 2. The second kappa shape index (κ2) is 10.4. The van der Waals surface area contributed by atoms with E-state index in [-0.39, 0.29) is 0 Å². The molecule has 0 aliphatic carbocycles. The maximum absolute atomic E-state index is 9.71. The maximum atomic E-state index is 9.71. The van der Waals surface area contributed by atoms with Gasteiger partial charge < -0.3 is 10.1 Å². The number of carbonyl (C=O) groups excluding carboxylic acids is 1. The standard InChI is InChI=1S/C9H18NO2/c1-2-3-7-12-8-5-4-6-10-9-11/h2-8H2,1H3,(H,10,11). The SMILES string of the molecule is CCCCOCCCCN[C]=O. The first-order chi connectivity index (χ1) is 5.91. The van der Waals surface area contributed by atoms with Crippen molar-refractivity contribution in [3.63, 3.8) is 0 Å². The van der Waals surface area contributed by atoms with Crippen LogP contribution in [-0.2, 0) is 9.53 Å². The van der Waals surface area contributed by atoms with Gasteiger partial charge in [-0.1, -0.05) is 13.3 Å². The summed E-state index contributed by atoms with van der Waals surface area (Å²) in [4.78, 5) is 9.71. The van der Waals surface area contributed by atoms with E-state index in [1.54, 1.807) is 6.41 Å². The van der Waals surface area contributed by atoms with Crippen LogP contribution < -0.4 is 5.32 Å². The minimum atomic E-state index is 0.709. The first-order valence-electron chi connectivity index (χ1n) is 4.59. The monoisotopic (exact) mass is 172 g/mol. The lowest BCUT2D eigenvalue weighted by Crippen LogP contribution is -2.12. The van der Waals surface area contributed by atoms with E-state index in [0.29, 0.717) is 6.54 Å². The normalized spacial score (nSPS) is 9.75. The first kappa shape index (κ1) is 11.4. The summed E-state index contributed by atoms with van der Waals surface area (Å²) in [6.45, 7) is 4.53. The van der Waals surface area contributed by atoms with Crippen molar-refractivity contribution < 1.29 is 9.53 Å². The van der Waals surface area contributed by atoms with Crippen molar-refractivity contribution in [2.24, 2.45) is 0 Å². The molecule has 0 fully saturated rings. The van der Waals surface area contributed by atoms with Gasteiger partial charge in [0.2, 0.25) is 0 Å². The highest BCUT2D eigenvalue weighted by molar-refractivity contribution is 5.46. The lowest BCUT2D eigenvalue weighted by atomic mass is 10.3. The third-order valence-corrected chi connectivity index (χ3v) is 1.55. The Kier molecular flexibility index (Phi) is 9.93. The van der Waals surface area contributed by atoms with Crippen molar-refractivity contribution in [1.82, 2.24) is 5.32 Å². The lowest BCUT2D eigenvalue weighted by Gasteiger charge is -2.02. The number of hydrogen-bond donors (Lipinski definition) is 1. The zero-order valence-corrected chi connectivity index (χ0v) is 7.77. The molecule has 0 spiro atoms. The van der Waals surface area contributed by atoms with Crippen molar-refractivity contribution in [2.75, 3.05) is 19.8 Å². The fourth-order valence-electron chi connectivity index (χ4n) is 0.817. The summed E-state index contributed by atoms with van der Waals surface area (Å²) >= 11 is 0. The molecule has 1 amide bonds. The molecule has 0 bridgehead atoms. The topological polar surface area (TPSA) is 38.3 Å². The molecule has 0 saturated heterocycles. The fourth-order valence-corrected chi connectivity index (χ4v) is 0.817. The molecular formula is C9H18NO2. The molecule has 0 heterocycles. The molecule has 3 heteroatoms. The highest BCUT2D eigenvalue weighted by Crippen LogP contribution is 1.91. The quantitative estimate of drug-likeness (QED) is 0.420. The van der Waals surface area contributed by atoms with E-state index in [1.165, 1.54) is 6.42 Å². The molecule has 0 aromatic heterocycles. The Morgan fingerprint density at radius 2 is 2.00 bits per heavy atom. The third kappa shape index (κ3) is 9.43. The smallest absolute Gasteiger partial charge is 0.309 e. The summed E-state index contributed by atoms with van der Waals surface area (Å²) in [5, 5.41) is 2.49. The molecule has 0 unspecified atom stereocenters. The Hall–Kier alpha value is -0.570. The summed E-state index contributed by atoms with van der Waals surface area (Å²) < 4.78 is 5.33. The Bertz CT molecular complexity index is 96.5. The van der Waals surface area contributed by atoms with Gasteiger partial charge >= 0.3 is 6.41 Å². The third-order valence-electron chi connectivity index (χ3n) is 1.55. The van der Waals surface area contributed by atoms with Crippen LogP contribution in [0.2, 0.25) is 0 Å². The minimum absolute atomic E-state index is 0.709. The summed E-state index contributed by atoms with van der Waals surface area (Å²) in [6.07, 6.45) is 5.95. The fraction of sp³-hybridized carbons (Fsp3) is 0.889. The average Bonchev–Trinajstić information content (AvgIpc) is 2.10. The van der Waals surface area contributed by atoms with Crippen molar-refractivity contribution in [2.45, 2.75) is 32.6 Å². The van der Waals surface area contributed by atoms with Gasteiger partial charge in [0, 0.05) is 19.8 Å². The molecule has 1 radical (unpaired) electrons. The van der Waals surface area contributed by atoms with E-state index >= 15 is 0 Å². The minimum Gasteiger partial charge on any atom is -0.381 e. The average molecular weight is 172 g/mol.